The van der Waals surface area contributed by atoms with Gasteiger partial charge in [0.05, 0.1) is 33.8 Å². The average Bonchev–Trinajstić information content (AvgIpc) is 3.39. The maximum absolute atomic E-state index is 13.8. The number of aromatic nitrogens is 1. The van der Waals surface area contributed by atoms with Crippen LogP contribution in [0.1, 0.15) is 34.6 Å². The van der Waals surface area contributed by atoms with Gasteiger partial charge in [-0.3, -0.25) is 14.5 Å². The van der Waals surface area contributed by atoms with Gasteiger partial charge in [0.2, 0.25) is 5.76 Å². The molecule has 6 rings (SSSR count). The van der Waals surface area contributed by atoms with Gasteiger partial charge in [0.15, 0.2) is 22.1 Å². The van der Waals surface area contributed by atoms with Gasteiger partial charge in [-0.2, -0.15) is 0 Å². The van der Waals surface area contributed by atoms with Crippen LogP contribution in [0.25, 0.3) is 21.2 Å². The van der Waals surface area contributed by atoms with Crippen LogP contribution in [0.5, 0.6) is 11.5 Å². The van der Waals surface area contributed by atoms with Crippen LogP contribution in [0.3, 0.4) is 0 Å². The number of hydrogen-bond acceptors (Lipinski definition) is 7. The van der Waals surface area contributed by atoms with E-state index in [1.807, 2.05) is 0 Å². The van der Waals surface area contributed by atoms with Gasteiger partial charge in [0.25, 0.3) is 5.91 Å². The molecule has 0 saturated carbocycles. The van der Waals surface area contributed by atoms with Crippen LogP contribution in [0.15, 0.2) is 69.9 Å². The Balaban J connectivity index is 1.63. The number of carbonyl (C=O) groups is 1. The lowest BCUT2D eigenvalue weighted by molar-refractivity contribution is 0.0971. The van der Waals surface area contributed by atoms with Crippen molar-refractivity contribution < 1.29 is 19.1 Å². The SMILES string of the molecule is CCOc1cc(C2c3c(oc4ccccc4c3=O)C(=O)N2c2nc3ccc(Cl)cc3s2)ccc1O. The standard InChI is InChI=1S/C26H17ClN2O5S/c1-2-33-19-11-13(7-10-17(19)30)22-21-23(31)15-5-3-4-6-18(15)34-24(21)25(32)29(22)26-28-16-9-8-14(27)12-20(16)35-26/h3-12,22,30H,2H2,1H3. The molecule has 2 aromatic heterocycles. The van der Waals surface area contributed by atoms with Crippen molar-refractivity contribution in [2.45, 2.75) is 13.0 Å². The van der Waals surface area contributed by atoms with Gasteiger partial charge in [0, 0.05) is 5.02 Å². The maximum Gasteiger partial charge on any atom is 0.297 e. The maximum atomic E-state index is 13.8. The third kappa shape index (κ3) is 3.37. The molecule has 0 bridgehead atoms. The molecule has 7 nitrogen and oxygen atoms in total. The Hall–Kier alpha value is -3.88. The number of anilines is 1. The molecular formula is C26H17ClN2O5S. The Morgan fingerprint density at radius 2 is 1.97 bits per heavy atom. The summed E-state index contributed by atoms with van der Waals surface area (Å²) in [4.78, 5) is 33.5. The zero-order chi connectivity index (χ0) is 24.3. The molecule has 1 aliphatic rings. The minimum atomic E-state index is -0.825. The molecule has 3 heterocycles. The van der Waals surface area contributed by atoms with Crippen LogP contribution in [0.2, 0.25) is 5.02 Å². The van der Waals surface area contributed by atoms with E-state index in [4.69, 9.17) is 20.8 Å². The largest absolute Gasteiger partial charge is 0.504 e. The summed E-state index contributed by atoms with van der Waals surface area (Å²) in [6, 6.07) is 16.1. The number of phenols is 1. The monoisotopic (exact) mass is 504 g/mol. The topological polar surface area (TPSA) is 92.9 Å². The summed E-state index contributed by atoms with van der Waals surface area (Å²) in [6.07, 6.45) is 0. The lowest BCUT2D eigenvalue weighted by Gasteiger charge is -2.23. The fourth-order valence-electron chi connectivity index (χ4n) is 4.39. The first-order valence-corrected chi connectivity index (χ1v) is 12.1. The van der Waals surface area contributed by atoms with Gasteiger partial charge < -0.3 is 14.3 Å². The zero-order valence-corrected chi connectivity index (χ0v) is 19.9. The lowest BCUT2D eigenvalue weighted by atomic mass is 9.98. The van der Waals surface area contributed by atoms with Crippen molar-refractivity contribution in [1.29, 1.82) is 0 Å². The van der Waals surface area contributed by atoms with Crippen molar-refractivity contribution >= 4 is 55.2 Å². The second-order valence-electron chi connectivity index (χ2n) is 8.02. The molecule has 0 saturated heterocycles. The fraction of sp³-hybridized carbons (Fsp3) is 0.115. The number of hydrogen-bond donors (Lipinski definition) is 1. The van der Waals surface area contributed by atoms with Crippen molar-refractivity contribution in [2.24, 2.45) is 0 Å². The summed E-state index contributed by atoms with van der Waals surface area (Å²) in [5, 5.41) is 11.6. The number of rotatable bonds is 4. The van der Waals surface area contributed by atoms with E-state index in [0.717, 1.165) is 4.70 Å². The molecule has 3 aromatic carbocycles. The van der Waals surface area contributed by atoms with Gasteiger partial charge >= 0.3 is 0 Å². The molecule has 35 heavy (non-hydrogen) atoms. The highest BCUT2D eigenvalue weighted by atomic mass is 35.5. The number of ether oxygens (including phenoxy) is 1. The molecular weight excluding hydrogens is 488 g/mol. The van der Waals surface area contributed by atoms with E-state index in [1.54, 1.807) is 61.5 Å². The van der Waals surface area contributed by atoms with Crippen molar-refractivity contribution in [1.82, 2.24) is 4.98 Å². The van der Waals surface area contributed by atoms with Crippen LogP contribution in [0, 0.1) is 0 Å². The number of benzene rings is 3. The van der Waals surface area contributed by atoms with Crippen LogP contribution >= 0.6 is 22.9 Å². The number of fused-ring (bicyclic) bond motifs is 3. The van der Waals surface area contributed by atoms with E-state index < -0.39 is 11.9 Å². The summed E-state index contributed by atoms with van der Waals surface area (Å²) in [5.74, 6) is -0.273. The van der Waals surface area contributed by atoms with Crippen molar-refractivity contribution in [3.05, 3.63) is 92.8 Å². The molecule has 9 heteroatoms. The molecule has 0 spiro atoms. The number of phenolic OH excluding ortho intramolecular Hbond substituents is 1. The highest BCUT2D eigenvalue weighted by Gasteiger charge is 2.45. The first kappa shape index (κ1) is 21.6. The molecule has 0 radical (unpaired) electrons. The van der Waals surface area contributed by atoms with Crippen LogP contribution in [-0.2, 0) is 0 Å². The Morgan fingerprint density at radius 1 is 1.14 bits per heavy atom. The van der Waals surface area contributed by atoms with Gasteiger partial charge in [-0.15, -0.1) is 0 Å². The highest BCUT2D eigenvalue weighted by Crippen LogP contribution is 2.45. The first-order chi connectivity index (χ1) is 17.0. The number of amides is 1. The number of thiazole rings is 1. The second-order valence-corrected chi connectivity index (χ2v) is 9.46. The fourth-order valence-corrected chi connectivity index (χ4v) is 5.66. The van der Waals surface area contributed by atoms with Gasteiger partial charge in [-0.25, -0.2) is 4.98 Å². The summed E-state index contributed by atoms with van der Waals surface area (Å²) < 4.78 is 12.4. The normalized spacial score (nSPS) is 15.2. The van der Waals surface area contributed by atoms with Crippen molar-refractivity contribution in [2.75, 3.05) is 11.5 Å². The van der Waals surface area contributed by atoms with Crippen molar-refractivity contribution in [3.8, 4) is 11.5 Å². The van der Waals surface area contributed by atoms with Gasteiger partial charge in [0.1, 0.15) is 5.58 Å². The quantitative estimate of drug-likeness (QED) is 0.327. The number of halogens is 1. The molecule has 174 valence electrons. The number of carbonyl (C=O) groups excluding carboxylic acids is 1. The first-order valence-electron chi connectivity index (χ1n) is 10.9. The summed E-state index contributed by atoms with van der Waals surface area (Å²) in [7, 11) is 0. The number of nitrogens with zero attached hydrogens (tertiary/aromatic N) is 2. The Labute approximate surface area is 207 Å². The summed E-state index contributed by atoms with van der Waals surface area (Å²) in [5.41, 5.74) is 1.53. The molecule has 5 aromatic rings. The smallest absolute Gasteiger partial charge is 0.297 e. The summed E-state index contributed by atoms with van der Waals surface area (Å²) in [6.45, 7) is 2.14. The Bertz CT molecular complexity index is 1710. The van der Waals surface area contributed by atoms with Crippen LogP contribution in [-0.4, -0.2) is 22.6 Å². The molecule has 1 N–H and O–H groups in total. The number of para-hydroxylation sites is 1. The third-order valence-corrected chi connectivity index (χ3v) is 7.17. The number of aromatic hydroxyl groups is 1. The minimum absolute atomic E-state index is 0.0259. The van der Waals surface area contributed by atoms with E-state index in [9.17, 15) is 14.7 Å². The predicted molar refractivity (Wildman–Crippen MR) is 135 cm³/mol. The van der Waals surface area contributed by atoms with E-state index in [2.05, 4.69) is 4.98 Å². The third-order valence-electron chi connectivity index (χ3n) is 5.92. The highest BCUT2D eigenvalue weighted by molar-refractivity contribution is 7.22. The van der Waals surface area contributed by atoms with E-state index >= 15 is 0 Å². The Morgan fingerprint density at radius 3 is 2.80 bits per heavy atom. The zero-order valence-electron chi connectivity index (χ0n) is 18.3. The lowest BCUT2D eigenvalue weighted by Crippen LogP contribution is -2.29. The molecule has 1 amide bonds. The summed E-state index contributed by atoms with van der Waals surface area (Å²) >= 11 is 7.46. The van der Waals surface area contributed by atoms with Crippen LogP contribution in [0.4, 0.5) is 5.13 Å². The van der Waals surface area contributed by atoms with Crippen molar-refractivity contribution in [3.63, 3.8) is 0 Å². The van der Waals surface area contributed by atoms with Gasteiger partial charge in [-0.1, -0.05) is 41.1 Å². The molecule has 1 atom stereocenters. The molecule has 0 fully saturated rings. The second kappa shape index (κ2) is 8.11. The van der Waals surface area contributed by atoms with Gasteiger partial charge in [-0.05, 0) is 55.0 Å². The average molecular weight is 505 g/mol. The van der Waals surface area contributed by atoms with E-state index in [-0.39, 0.29) is 28.3 Å². The van der Waals surface area contributed by atoms with E-state index in [1.165, 1.54) is 22.3 Å². The predicted octanol–water partition coefficient (Wildman–Crippen LogP) is 5.91. The Kier molecular flexibility index (Phi) is 5.01. The molecule has 0 aliphatic carbocycles. The molecule has 1 unspecified atom stereocenters. The van der Waals surface area contributed by atoms with Crippen LogP contribution < -0.4 is 15.1 Å². The van der Waals surface area contributed by atoms with E-state index in [0.29, 0.717) is 38.8 Å². The molecule has 1 aliphatic heterocycles. The minimum Gasteiger partial charge on any atom is -0.504 e.